The average molecular weight is 435 g/mol. The van der Waals surface area contributed by atoms with E-state index in [-0.39, 0.29) is 23.3 Å². The average Bonchev–Trinajstić information content (AvgIpc) is 2.78. The van der Waals surface area contributed by atoms with Crippen molar-refractivity contribution in [3.05, 3.63) is 89.5 Å². The molecule has 3 rings (SSSR count). The predicted molar refractivity (Wildman–Crippen MR) is 116 cm³/mol. The van der Waals surface area contributed by atoms with E-state index in [4.69, 9.17) is 0 Å². The van der Waals surface area contributed by atoms with E-state index in [0.717, 1.165) is 0 Å². The van der Waals surface area contributed by atoms with Crippen LogP contribution < -0.4 is 5.32 Å². The van der Waals surface area contributed by atoms with Crippen LogP contribution in [0.4, 0.5) is 0 Å². The van der Waals surface area contributed by atoms with Crippen LogP contribution in [0.1, 0.15) is 26.3 Å². The number of carboxylic acids is 2. The van der Waals surface area contributed by atoms with Crippen LogP contribution in [0.3, 0.4) is 0 Å². The Kier molecular flexibility index (Phi) is 6.87. The molecule has 0 saturated heterocycles. The highest BCUT2D eigenvalue weighted by Crippen LogP contribution is 2.28. The fraction of sp³-hybridized carbons (Fsp3) is 0.125. The number of hydrogen-bond acceptors (Lipinski definition) is 5. The van der Waals surface area contributed by atoms with E-state index in [1.165, 1.54) is 24.3 Å². The van der Waals surface area contributed by atoms with Gasteiger partial charge in [0.2, 0.25) is 0 Å². The Morgan fingerprint density at radius 3 is 2.19 bits per heavy atom. The van der Waals surface area contributed by atoms with Gasteiger partial charge in [0.15, 0.2) is 6.10 Å². The minimum Gasteiger partial charge on any atom is -0.508 e. The number of hydrogen-bond donors (Lipinski definition) is 5. The summed E-state index contributed by atoms with van der Waals surface area (Å²) in [5.74, 6) is -3.65. The molecule has 164 valence electrons. The number of aliphatic carboxylic acids is 1. The number of rotatable bonds is 8. The van der Waals surface area contributed by atoms with Crippen molar-refractivity contribution < 1.29 is 34.8 Å². The zero-order valence-corrected chi connectivity index (χ0v) is 16.8. The smallest absolute Gasteiger partial charge is 0.336 e. The molecule has 0 unspecified atom stereocenters. The summed E-state index contributed by atoms with van der Waals surface area (Å²) in [4.78, 5) is 35.8. The summed E-state index contributed by atoms with van der Waals surface area (Å²) >= 11 is 0. The number of nitrogens with one attached hydrogen (secondary N) is 1. The first-order chi connectivity index (χ1) is 15.3. The Morgan fingerprint density at radius 2 is 1.53 bits per heavy atom. The van der Waals surface area contributed by atoms with Crippen molar-refractivity contribution in [2.75, 3.05) is 0 Å². The molecule has 0 radical (unpaired) electrons. The first-order valence-electron chi connectivity index (χ1n) is 9.68. The normalized spacial score (nSPS) is 12.5. The second kappa shape index (κ2) is 9.76. The van der Waals surface area contributed by atoms with Gasteiger partial charge in [0.1, 0.15) is 5.75 Å². The van der Waals surface area contributed by atoms with Crippen LogP contribution in [-0.4, -0.2) is 50.4 Å². The van der Waals surface area contributed by atoms with E-state index < -0.39 is 30.0 Å². The molecule has 3 aromatic carbocycles. The quantitative estimate of drug-likeness (QED) is 0.366. The van der Waals surface area contributed by atoms with Gasteiger partial charge in [0, 0.05) is 5.56 Å². The van der Waals surface area contributed by atoms with Crippen LogP contribution >= 0.6 is 0 Å². The Bertz CT molecular complexity index is 1140. The number of phenolic OH excluding ortho intramolecular Hbond substituents is 1. The number of aliphatic hydroxyl groups excluding tert-OH is 1. The molecule has 0 heterocycles. The molecule has 5 N–H and O–H groups in total. The summed E-state index contributed by atoms with van der Waals surface area (Å²) in [6.07, 6.45) is -1.79. The summed E-state index contributed by atoms with van der Waals surface area (Å²) in [7, 11) is 0. The van der Waals surface area contributed by atoms with Crippen LogP contribution in [-0.2, 0) is 11.2 Å². The Morgan fingerprint density at radius 1 is 0.875 bits per heavy atom. The fourth-order valence-corrected chi connectivity index (χ4v) is 3.35. The lowest BCUT2D eigenvalue weighted by atomic mass is 9.97. The summed E-state index contributed by atoms with van der Waals surface area (Å²) in [5, 5.41) is 41.4. The van der Waals surface area contributed by atoms with Crippen molar-refractivity contribution in [1.29, 1.82) is 0 Å². The Balaban J connectivity index is 1.92. The van der Waals surface area contributed by atoms with Gasteiger partial charge in [-0.3, -0.25) is 4.79 Å². The number of aromatic hydroxyl groups is 1. The minimum absolute atomic E-state index is 0.00675. The molecule has 0 bridgehead atoms. The largest absolute Gasteiger partial charge is 0.508 e. The van der Waals surface area contributed by atoms with Gasteiger partial charge in [0.25, 0.3) is 5.91 Å². The summed E-state index contributed by atoms with van der Waals surface area (Å²) < 4.78 is 0. The van der Waals surface area contributed by atoms with Crippen molar-refractivity contribution in [3.63, 3.8) is 0 Å². The van der Waals surface area contributed by atoms with Gasteiger partial charge in [-0.25, -0.2) is 9.59 Å². The maximum Gasteiger partial charge on any atom is 0.336 e. The van der Waals surface area contributed by atoms with E-state index in [2.05, 4.69) is 5.32 Å². The third kappa shape index (κ3) is 5.30. The van der Waals surface area contributed by atoms with Gasteiger partial charge in [-0.1, -0.05) is 48.5 Å². The Labute approximate surface area is 183 Å². The number of benzene rings is 3. The molecule has 3 aromatic rings. The van der Waals surface area contributed by atoms with Gasteiger partial charge in [-0.05, 0) is 47.4 Å². The van der Waals surface area contributed by atoms with E-state index in [0.29, 0.717) is 16.7 Å². The number of carboxylic acid groups (broad SMARTS) is 2. The lowest BCUT2D eigenvalue weighted by Gasteiger charge is -2.22. The van der Waals surface area contributed by atoms with Crippen molar-refractivity contribution in [2.24, 2.45) is 0 Å². The molecule has 1 amide bonds. The van der Waals surface area contributed by atoms with E-state index >= 15 is 0 Å². The van der Waals surface area contributed by atoms with E-state index in [1.807, 2.05) is 0 Å². The van der Waals surface area contributed by atoms with Crippen LogP contribution in [0.2, 0.25) is 0 Å². The molecule has 2 atom stereocenters. The molecular weight excluding hydrogens is 414 g/mol. The SMILES string of the molecule is O=C(N[C@H](Cc1ccccc1)[C@@H](O)C(=O)O)c1cc(O)cc(-c2ccccc2C(=O)O)c1. The summed E-state index contributed by atoms with van der Waals surface area (Å²) in [6.45, 7) is 0. The lowest BCUT2D eigenvalue weighted by molar-refractivity contribution is -0.148. The second-order valence-corrected chi connectivity index (χ2v) is 7.17. The van der Waals surface area contributed by atoms with Crippen LogP contribution in [0.5, 0.6) is 5.75 Å². The number of carbonyl (C=O) groups is 3. The van der Waals surface area contributed by atoms with Crippen molar-refractivity contribution in [1.82, 2.24) is 5.32 Å². The molecule has 8 nitrogen and oxygen atoms in total. The molecule has 8 heteroatoms. The molecule has 0 saturated carbocycles. The molecule has 32 heavy (non-hydrogen) atoms. The molecule has 0 fully saturated rings. The molecule has 0 aliphatic heterocycles. The van der Waals surface area contributed by atoms with Crippen molar-refractivity contribution in [2.45, 2.75) is 18.6 Å². The first-order valence-corrected chi connectivity index (χ1v) is 9.68. The van der Waals surface area contributed by atoms with Gasteiger partial charge >= 0.3 is 11.9 Å². The third-order valence-corrected chi connectivity index (χ3v) is 4.90. The van der Waals surface area contributed by atoms with E-state index in [1.54, 1.807) is 48.5 Å². The third-order valence-electron chi connectivity index (χ3n) is 4.90. The number of aliphatic hydroxyl groups is 1. The minimum atomic E-state index is -1.86. The first kappa shape index (κ1) is 22.5. The molecule has 0 spiro atoms. The van der Waals surface area contributed by atoms with Gasteiger partial charge < -0.3 is 25.7 Å². The van der Waals surface area contributed by atoms with Gasteiger partial charge in [-0.15, -0.1) is 0 Å². The highest BCUT2D eigenvalue weighted by Gasteiger charge is 2.28. The lowest BCUT2D eigenvalue weighted by Crippen LogP contribution is -2.48. The van der Waals surface area contributed by atoms with Crippen LogP contribution in [0.25, 0.3) is 11.1 Å². The monoisotopic (exact) mass is 435 g/mol. The molecule has 0 aliphatic carbocycles. The number of carbonyl (C=O) groups excluding carboxylic acids is 1. The zero-order valence-electron chi connectivity index (χ0n) is 16.8. The maximum atomic E-state index is 12.9. The molecule has 0 aliphatic rings. The standard InChI is InChI=1S/C24H21NO7/c26-17-12-15(18-8-4-5-9-19(18)23(29)30)11-16(13-17)22(28)25-20(21(27)24(31)32)10-14-6-2-1-3-7-14/h1-9,11-13,20-21,26-27H,10H2,(H,25,28)(H,29,30)(H,31,32)/t20-,21-/m1/s1. The topological polar surface area (TPSA) is 144 Å². The second-order valence-electron chi connectivity index (χ2n) is 7.17. The van der Waals surface area contributed by atoms with Gasteiger partial charge in [0.05, 0.1) is 11.6 Å². The van der Waals surface area contributed by atoms with Crippen molar-refractivity contribution >= 4 is 17.8 Å². The number of phenols is 1. The summed E-state index contributed by atoms with van der Waals surface area (Å²) in [5.41, 5.74) is 1.29. The number of aromatic carboxylic acids is 1. The van der Waals surface area contributed by atoms with E-state index in [9.17, 15) is 34.8 Å². The van der Waals surface area contributed by atoms with Gasteiger partial charge in [-0.2, -0.15) is 0 Å². The predicted octanol–water partition coefficient (Wildman–Crippen LogP) is 2.54. The zero-order chi connectivity index (χ0) is 23.3. The maximum absolute atomic E-state index is 12.9. The number of amides is 1. The highest BCUT2D eigenvalue weighted by molar-refractivity contribution is 5.99. The molecule has 0 aromatic heterocycles. The summed E-state index contributed by atoms with van der Waals surface area (Å²) in [6, 6.07) is 17.7. The van der Waals surface area contributed by atoms with Crippen LogP contribution in [0, 0.1) is 0 Å². The highest BCUT2D eigenvalue weighted by atomic mass is 16.4. The van der Waals surface area contributed by atoms with Crippen LogP contribution in [0.15, 0.2) is 72.8 Å². The molecular formula is C24H21NO7. The Hall–Kier alpha value is -4.17. The van der Waals surface area contributed by atoms with Crippen molar-refractivity contribution in [3.8, 4) is 16.9 Å². The fourth-order valence-electron chi connectivity index (χ4n) is 3.35.